The number of hydrogen-bond acceptors (Lipinski definition) is 8. The van der Waals surface area contributed by atoms with E-state index in [-0.39, 0.29) is 29.7 Å². The zero-order valence-corrected chi connectivity index (χ0v) is 18.5. The molecule has 2 aliphatic rings. The highest BCUT2D eigenvalue weighted by molar-refractivity contribution is 6.00. The van der Waals surface area contributed by atoms with Gasteiger partial charge in [0.25, 0.3) is 11.5 Å². The van der Waals surface area contributed by atoms with Crippen LogP contribution in [0.1, 0.15) is 42.1 Å². The predicted octanol–water partition coefficient (Wildman–Crippen LogP) is 1.28. The van der Waals surface area contributed by atoms with Crippen molar-refractivity contribution in [3.05, 3.63) is 46.5 Å². The highest BCUT2D eigenvalue weighted by atomic mass is 16.5. The Morgan fingerprint density at radius 1 is 1.27 bits per heavy atom. The number of amides is 1. The van der Waals surface area contributed by atoms with E-state index in [0.717, 1.165) is 19.3 Å². The van der Waals surface area contributed by atoms with Gasteiger partial charge in [0.05, 0.1) is 30.5 Å². The number of ether oxygens (including phenoxy) is 1. The highest BCUT2D eigenvalue weighted by Gasteiger charge is 2.33. The number of anilines is 3. The summed E-state index contributed by atoms with van der Waals surface area (Å²) in [5, 5.41) is 23.4. The van der Waals surface area contributed by atoms with Crippen LogP contribution in [0.25, 0.3) is 5.65 Å². The monoisotopic (exact) mass is 453 g/mol. The van der Waals surface area contributed by atoms with Crippen LogP contribution in [0.2, 0.25) is 0 Å². The average Bonchev–Trinajstić information content (AvgIpc) is 3.22. The molecule has 33 heavy (non-hydrogen) atoms. The summed E-state index contributed by atoms with van der Waals surface area (Å²) in [5.74, 6) is 0.721. The van der Waals surface area contributed by atoms with E-state index in [1.54, 1.807) is 47.6 Å². The third kappa shape index (κ3) is 3.72. The lowest BCUT2D eigenvalue weighted by Crippen LogP contribution is -2.51. The SMILES string of the molecule is CNc1cc(Nc2cccn([C@H]3CC[C@@H]3O)c2=O)nc2c(C(=O)N[C@H]3CC[C@@H]3OC)cnn12. The van der Waals surface area contributed by atoms with Gasteiger partial charge in [0.1, 0.15) is 22.9 Å². The molecule has 2 aliphatic carbocycles. The van der Waals surface area contributed by atoms with Crippen molar-refractivity contribution in [1.29, 1.82) is 0 Å². The van der Waals surface area contributed by atoms with Crippen molar-refractivity contribution < 1.29 is 14.6 Å². The van der Waals surface area contributed by atoms with Gasteiger partial charge in [-0.3, -0.25) is 9.59 Å². The molecule has 11 nitrogen and oxygen atoms in total. The molecule has 4 atom stereocenters. The molecule has 1 amide bonds. The first kappa shape index (κ1) is 21.4. The van der Waals surface area contributed by atoms with Crippen LogP contribution in [0.15, 0.2) is 35.4 Å². The molecule has 0 aromatic carbocycles. The van der Waals surface area contributed by atoms with Gasteiger partial charge in [-0.05, 0) is 37.8 Å². The molecule has 4 N–H and O–H groups in total. The number of methoxy groups -OCH3 is 1. The maximum Gasteiger partial charge on any atom is 0.274 e. The fourth-order valence-corrected chi connectivity index (χ4v) is 4.32. The lowest BCUT2D eigenvalue weighted by molar-refractivity contribution is 0.00732. The minimum atomic E-state index is -0.510. The summed E-state index contributed by atoms with van der Waals surface area (Å²) in [6, 6.07) is 4.89. The van der Waals surface area contributed by atoms with Crippen molar-refractivity contribution in [3.63, 3.8) is 0 Å². The standard InChI is InChI=1S/C22H27N7O4/c1-23-19-10-18(25-14-4-3-9-28(22(14)32)15-6-7-16(15)30)27-20-12(11-24-29(19)20)21(31)26-13-5-8-17(13)33-2/h3-4,9-11,13,15-17,23,30H,5-8H2,1-2H3,(H,25,27)(H,26,31)/t13-,15-,16-,17-/m0/s1. The molecule has 11 heteroatoms. The molecule has 2 saturated carbocycles. The number of carbonyl (C=O) groups excluding carboxylic acids is 1. The fourth-order valence-electron chi connectivity index (χ4n) is 4.32. The zero-order chi connectivity index (χ0) is 23.1. The van der Waals surface area contributed by atoms with Crippen molar-refractivity contribution in [2.45, 2.75) is 50.0 Å². The fraction of sp³-hybridized carbons (Fsp3) is 0.455. The molecule has 0 bridgehead atoms. The normalized spacial score (nSPS) is 24.1. The Hall–Kier alpha value is -3.44. The van der Waals surface area contributed by atoms with Gasteiger partial charge in [-0.1, -0.05) is 0 Å². The predicted molar refractivity (Wildman–Crippen MR) is 122 cm³/mol. The van der Waals surface area contributed by atoms with Crippen LogP contribution in [0.3, 0.4) is 0 Å². The van der Waals surface area contributed by atoms with E-state index in [4.69, 9.17) is 4.74 Å². The number of aliphatic hydroxyl groups is 1. The summed E-state index contributed by atoms with van der Waals surface area (Å²) < 4.78 is 8.46. The lowest BCUT2D eigenvalue weighted by Gasteiger charge is -2.35. The van der Waals surface area contributed by atoms with E-state index < -0.39 is 6.10 Å². The Labute approximate surface area is 189 Å². The van der Waals surface area contributed by atoms with E-state index in [0.29, 0.717) is 35.0 Å². The molecule has 3 heterocycles. The minimum Gasteiger partial charge on any atom is -0.391 e. The van der Waals surface area contributed by atoms with Gasteiger partial charge in [-0.15, -0.1) is 0 Å². The van der Waals surface area contributed by atoms with Crippen molar-refractivity contribution in [3.8, 4) is 0 Å². The van der Waals surface area contributed by atoms with E-state index >= 15 is 0 Å². The molecular formula is C22H27N7O4. The van der Waals surface area contributed by atoms with Crippen LogP contribution in [0, 0.1) is 0 Å². The average molecular weight is 454 g/mol. The summed E-state index contributed by atoms with van der Waals surface area (Å²) >= 11 is 0. The Bertz CT molecular complexity index is 1250. The largest absolute Gasteiger partial charge is 0.391 e. The number of nitrogens with zero attached hydrogens (tertiary/aromatic N) is 4. The summed E-state index contributed by atoms with van der Waals surface area (Å²) in [4.78, 5) is 30.5. The molecule has 0 radical (unpaired) electrons. The van der Waals surface area contributed by atoms with Gasteiger partial charge in [-0.25, -0.2) is 4.98 Å². The van der Waals surface area contributed by atoms with Crippen LogP contribution >= 0.6 is 0 Å². The summed E-state index contributed by atoms with van der Waals surface area (Å²) in [6.07, 6.45) is 5.90. The molecule has 0 saturated heterocycles. The van der Waals surface area contributed by atoms with Crippen LogP contribution in [-0.4, -0.2) is 62.6 Å². The summed E-state index contributed by atoms with van der Waals surface area (Å²) in [5.41, 5.74) is 0.787. The Balaban J connectivity index is 1.46. The van der Waals surface area contributed by atoms with E-state index in [2.05, 4.69) is 26.0 Å². The van der Waals surface area contributed by atoms with Gasteiger partial charge < -0.3 is 30.4 Å². The van der Waals surface area contributed by atoms with Gasteiger partial charge in [0.2, 0.25) is 0 Å². The number of nitrogens with one attached hydrogen (secondary N) is 3. The highest BCUT2D eigenvalue weighted by Crippen LogP contribution is 2.31. The first-order valence-corrected chi connectivity index (χ1v) is 11.1. The molecule has 2 fully saturated rings. The van der Waals surface area contributed by atoms with Gasteiger partial charge in [0.15, 0.2) is 5.65 Å². The molecule has 3 aromatic rings. The molecule has 5 rings (SSSR count). The number of aliphatic hydroxyl groups excluding tert-OH is 1. The van der Waals surface area contributed by atoms with Crippen molar-refractivity contribution in [2.75, 3.05) is 24.8 Å². The second-order valence-corrected chi connectivity index (χ2v) is 8.47. The van der Waals surface area contributed by atoms with Crippen molar-refractivity contribution >= 4 is 28.9 Å². The first-order chi connectivity index (χ1) is 16.0. The van der Waals surface area contributed by atoms with Crippen LogP contribution < -0.4 is 21.5 Å². The number of pyridine rings is 1. The van der Waals surface area contributed by atoms with Gasteiger partial charge in [-0.2, -0.15) is 9.61 Å². The molecular weight excluding hydrogens is 426 g/mol. The van der Waals surface area contributed by atoms with E-state index in [9.17, 15) is 14.7 Å². The number of carbonyl (C=O) groups is 1. The third-order valence-electron chi connectivity index (χ3n) is 6.60. The molecule has 0 spiro atoms. The maximum absolute atomic E-state index is 13.0. The Kier molecular flexibility index (Phi) is 5.51. The van der Waals surface area contributed by atoms with Crippen LogP contribution in [-0.2, 0) is 4.74 Å². The topological polar surface area (TPSA) is 135 Å². The van der Waals surface area contributed by atoms with Crippen LogP contribution in [0.5, 0.6) is 0 Å². The molecule has 0 aliphatic heterocycles. The summed E-state index contributed by atoms with van der Waals surface area (Å²) in [6.45, 7) is 0. The van der Waals surface area contributed by atoms with Crippen molar-refractivity contribution in [2.24, 2.45) is 0 Å². The Morgan fingerprint density at radius 3 is 2.76 bits per heavy atom. The smallest absolute Gasteiger partial charge is 0.274 e. The van der Waals surface area contributed by atoms with Gasteiger partial charge >= 0.3 is 0 Å². The van der Waals surface area contributed by atoms with E-state index in [1.165, 1.54) is 6.20 Å². The lowest BCUT2D eigenvalue weighted by atomic mass is 9.89. The van der Waals surface area contributed by atoms with Gasteiger partial charge in [0, 0.05) is 26.4 Å². The molecule has 3 aromatic heterocycles. The summed E-state index contributed by atoms with van der Waals surface area (Å²) in [7, 11) is 3.38. The second kappa shape index (κ2) is 8.49. The van der Waals surface area contributed by atoms with Crippen molar-refractivity contribution in [1.82, 2.24) is 24.5 Å². The van der Waals surface area contributed by atoms with E-state index in [1.807, 2.05) is 0 Å². The maximum atomic E-state index is 13.0. The quantitative estimate of drug-likeness (QED) is 0.420. The number of fused-ring (bicyclic) bond motifs is 1. The number of hydrogen-bond donors (Lipinski definition) is 4. The first-order valence-electron chi connectivity index (χ1n) is 11.1. The Morgan fingerprint density at radius 2 is 2.12 bits per heavy atom. The van der Waals surface area contributed by atoms with Crippen LogP contribution in [0.4, 0.5) is 17.3 Å². The number of rotatable bonds is 7. The zero-order valence-electron chi connectivity index (χ0n) is 18.5. The molecule has 0 unspecified atom stereocenters. The minimum absolute atomic E-state index is 0.0169. The molecule has 174 valence electrons. The third-order valence-corrected chi connectivity index (χ3v) is 6.60. The number of aromatic nitrogens is 4. The second-order valence-electron chi connectivity index (χ2n) is 8.47.